The van der Waals surface area contributed by atoms with Crippen molar-refractivity contribution in [1.82, 2.24) is 25.9 Å². The van der Waals surface area contributed by atoms with Crippen LogP contribution in [0.3, 0.4) is 0 Å². The van der Waals surface area contributed by atoms with Gasteiger partial charge in [-0.1, -0.05) is 20.3 Å². The van der Waals surface area contributed by atoms with E-state index in [4.69, 9.17) is 10.8 Å². The SMILES string of the molecule is CCC(C)C(NC(=O)C(N)CS)C(=O)NC(Cc1cnc[nH]1)C(=O)NC(C)C(=O)O. The number of rotatable bonds is 12. The van der Waals surface area contributed by atoms with Crippen LogP contribution in [0.25, 0.3) is 0 Å². The lowest BCUT2D eigenvalue weighted by molar-refractivity contribution is -0.141. The van der Waals surface area contributed by atoms with Gasteiger partial charge < -0.3 is 31.8 Å². The van der Waals surface area contributed by atoms with E-state index in [9.17, 15) is 19.2 Å². The molecule has 7 N–H and O–H groups in total. The Hall–Kier alpha value is -2.60. The standard InChI is InChI=1S/C18H30N6O5S/c1-4-9(2)14(24-15(25)12(19)7-30)17(27)23-13(5-11-6-20-8-21-11)16(26)22-10(3)18(28)29/h6,8-10,12-14,30H,4-5,7,19H2,1-3H3,(H,20,21)(H,22,26)(H,23,27)(H,24,25)(H,28,29). The lowest BCUT2D eigenvalue weighted by Crippen LogP contribution is -2.59. The Kier molecular flexibility index (Phi) is 10.3. The quantitative estimate of drug-likeness (QED) is 0.199. The van der Waals surface area contributed by atoms with E-state index in [0.717, 1.165) is 0 Å². The van der Waals surface area contributed by atoms with Gasteiger partial charge in [0.2, 0.25) is 17.7 Å². The van der Waals surface area contributed by atoms with Gasteiger partial charge in [-0.25, -0.2) is 4.98 Å². The van der Waals surface area contributed by atoms with Crippen LogP contribution in [0.2, 0.25) is 0 Å². The second-order valence-corrected chi connectivity index (χ2v) is 7.44. The summed E-state index contributed by atoms with van der Waals surface area (Å²) in [7, 11) is 0. The van der Waals surface area contributed by atoms with Gasteiger partial charge in [-0.3, -0.25) is 19.2 Å². The molecule has 0 aliphatic carbocycles. The van der Waals surface area contributed by atoms with E-state index in [1.165, 1.54) is 19.4 Å². The number of carbonyl (C=O) groups is 4. The Morgan fingerprint density at radius 1 is 1.17 bits per heavy atom. The van der Waals surface area contributed by atoms with Crippen LogP contribution in [-0.2, 0) is 25.6 Å². The summed E-state index contributed by atoms with van der Waals surface area (Å²) in [6, 6.07) is -4.03. The second kappa shape index (κ2) is 12.2. The molecule has 0 fully saturated rings. The third-order valence-electron chi connectivity index (χ3n) is 4.67. The molecule has 1 rings (SSSR count). The molecule has 30 heavy (non-hydrogen) atoms. The minimum absolute atomic E-state index is 0.0568. The molecule has 0 bridgehead atoms. The number of H-pyrrole nitrogens is 1. The van der Waals surface area contributed by atoms with Gasteiger partial charge in [0.25, 0.3) is 0 Å². The predicted octanol–water partition coefficient (Wildman–Crippen LogP) is -1.19. The molecule has 0 aliphatic rings. The van der Waals surface area contributed by atoms with Crippen LogP contribution < -0.4 is 21.7 Å². The van der Waals surface area contributed by atoms with Crippen LogP contribution in [0.4, 0.5) is 0 Å². The summed E-state index contributed by atoms with van der Waals surface area (Å²) in [6.45, 7) is 4.96. The zero-order chi connectivity index (χ0) is 22.8. The third-order valence-corrected chi connectivity index (χ3v) is 5.06. The van der Waals surface area contributed by atoms with Gasteiger partial charge in [0.15, 0.2) is 0 Å². The molecule has 3 amide bonds. The van der Waals surface area contributed by atoms with Crippen molar-refractivity contribution < 1.29 is 24.3 Å². The van der Waals surface area contributed by atoms with Crippen molar-refractivity contribution in [2.24, 2.45) is 11.7 Å². The molecule has 12 heteroatoms. The minimum Gasteiger partial charge on any atom is -0.480 e. The smallest absolute Gasteiger partial charge is 0.325 e. The maximum Gasteiger partial charge on any atom is 0.325 e. The van der Waals surface area contributed by atoms with Crippen LogP contribution in [-0.4, -0.2) is 68.7 Å². The Balaban J connectivity index is 3.01. The maximum atomic E-state index is 12.9. The molecule has 1 aromatic rings. The van der Waals surface area contributed by atoms with E-state index < -0.39 is 47.9 Å². The fourth-order valence-electron chi connectivity index (χ4n) is 2.51. The summed E-state index contributed by atoms with van der Waals surface area (Å²) in [6.07, 6.45) is 3.56. The van der Waals surface area contributed by atoms with Crippen molar-refractivity contribution in [3.05, 3.63) is 18.2 Å². The van der Waals surface area contributed by atoms with Crippen LogP contribution in [0, 0.1) is 5.92 Å². The number of aromatic nitrogens is 2. The molecule has 0 spiro atoms. The van der Waals surface area contributed by atoms with E-state index in [2.05, 4.69) is 38.5 Å². The maximum absolute atomic E-state index is 12.9. The number of aromatic amines is 1. The first-order valence-corrected chi connectivity index (χ1v) is 10.2. The molecule has 0 radical (unpaired) electrons. The second-order valence-electron chi connectivity index (χ2n) is 7.07. The first kappa shape index (κ1) is 25.4. The minimum atomic E-state index is -1.21. The van der Waals surface area contributed by atoms with Gasteiger partial charge in [0.1, 0.15) is 18.1 Å². The number of amides is 3. The third kappa shape index (κ3) is 7.67. The molecule has 0 saturated heterocycles. The Morgan fingerprint density at radius 2 is 1.83 bits per heavy atom. The number of nitrogens with one attached hydrogen (secondary N) is 4. The van der Waals surface area contributed by atoms with Crippen molar-refractivity contribution in [2.75, 3.05) is 5.75 Å². The van der Waals surface area contributed by atoms with Gasteiger partial charge in [0, 0.05) is 24.1 Å². The van der Waals surface area contributed by atoms with E-state index in [-0.39, 0.29) is 18.1 Å². The highest BCUT2D eigenvalue weighted by Crippen LogP contribution is 2.10. The number of carbonyl (C=O) groups excluding carboxylic acids is 3. The highest BCUT2D eigenvalue weighted by Gasteiger charge is 2.32. The summed E-state index contributed by atoms with van der Waals surface area (Å²) in [5, 5.41) is 16.6. The number of imidazole rings is 1. The summed E-state index contributed by atoms with van der Waals surface area (Å²) in [5.41, 5.74) is 6.25. The molecule has 1 heterocycles. The zero-order valence-corrected chi connectivity index (χ0v) is 18.1. The summed E-state index contributed by atoms with van der Waals surface area (Å²) < 4.78 is 0. The Bertz CT molecular complexity index is 729. The number of carboxylic acid groups (broad SMARTS) is 1. The van der Waals surface area contributed by atoms with E-state index in [1.54, 1.807) is 6.92 Å². The summed E-state index contributed by atoms with van der Waals surface area (Å²) in [4.78, 5) is 55.5. The van der Waals surface area contributed by atoms with Crippen LogP contribution in [0.5, 0.6) is 0 Å². The van der Waals surface area contributed by atoms with Crippen molar-refractivity contribution in [3.63, 3.8) is 0 Å². The number of hydrogen-bond acceptors (Lipinski definition) is 7. The topological polar surface area (TPSA) is 179 Å². The monoisotopic (exact) mass is 442 g/mol. The highest BCUT2D eigenvalue weighted by atomic mass is 32.1. The van der Waals surface area contributed by atoms with Crippen LogP contribution in [0.15, 0.2) is 12.5 Å². The van der Waals surface area contributed by atoms with Gasteiger partial charge >= 0.3 is 5.97 Å². The summed E-state index contributed by atoms with van der Waals surface area (Å²) >= 11 is 3.99. The van der Waals surface area contributed by atoms with E-state index >= 15 is 0 Å². The van der Waals surface area contributed by atoms with Crippen molar-refractivity contribution >= 4 is 36.3 Å². The Morgan fingerprint density at radius 3 is 2.33 bits per heavy atom. The molecule has 0 saturated carbocycles. The lowest BCUT2D eigenvalue weighted by Gasteiger charge is -2.27. The number of aliphatic carboxylic acids is 1. The van der Waals surface area contributed by atoms with Crippen LogP contribution in [0.1, 0.15) is 32.9 Å². The number of nitrogens with two attached hydrogens (primary N) is 1. The number of carboxylic acids is 1. The normalized spacial score (nSPS) is 15.9. The van der Waals surface area contributed by atoms with Gasteiger partial charge in [0.05, 0.1) is 12.4 Å². The molecule has 5 unspecified atom stereocenters. The number of nitrogens with zero attached hydrogens (tertiary/aromatic N) is 1. The predicted molar refractivity (Wildman–Crippen MR) is 113 cm³/mol. The first-order chi connectivity index (χ1) is 14.1. The highest BCUT2D eigenvalue weighted by molar-refractivity contribution is 7.80. The average Bonchev–Trinajstić information content (AvgIpc) is 3.22. The van der Waals surface area contributed by atoms with Gasteiger partial charge in [-0.05, 0) is 12.8 Å². The molecule has 0 aliphatic heterocycles. The lowest BCUT2D eigenvalue weighted by atomic mass is 9.97. The average molecular weight is 443 g/mol. The molecular weight excluding hydrogens is 412 g/mol. The number of hydrogen-bond donors (Lipinski definition) is 7. The van der Waals surface area contributed by atoms with Crippen molar-refractivity contribution in [1.29, 1.82) is 0 Å². The first-order valence-electron chi connectivity index (χ1n) is 9.58. The largest absolute Gasteiger partial charge is 0.480 e. The molecule has 0 aromatic carbocycles. The van der Waals surface area contributed by atoms with Crippen molar-refractivity contribution in [2.45, 2.75) is 57.8 Å². The molecule has 1 aromatic heterocycles. The fraction of sp³-hybridized carbons (Fsp3) is 0.611. The van der Waals surface area contributed by atoms with Gasteiger partial charge in [-0.2, -0.15) is 12.6 Å². The summed E-state index contributed by atoms with van der Waals surface area (Å²) in [5.74, 6) is -3.12. The molecule has 11 nitrogen and oxygen atoms in total. The molecule has 168 valence electrons. The number of thiol groups is 1. The van der Waals surface area contributed by atoms with Crippen LogP contribution >= 0.6 is 12.6 Å². The van der Waals surface area contributed by atoms with Crippen molar-refractivity contribution in [3.8, 4) is 0 Å². The van der Waals surface area contributed by atoms with E-state index in [1.807, 2.05) is 6.92 Å². The molecular formula is C18H30N6O5S. The van der Waals surface area contributed by atoms with Gasteiger partial charge in [-0.15, -0.1) is 0 Å². The Labute approximate surface area is 180 Å². The fourth-order valence-corrected chi connectivity index (χ4v) is 2.67. The molecule has 5 atom stereocenters. The zero-order valence-electron chi connectivity index (χ0n) is 17.2. The van der Waals surface area contributed by atoms with E-state index in [0.29, 0.717) is 12.1 Å².